The Hall–Kier alpha value is -8.12. The van der Waals surface area contributed by atoms with E-state index in [0.29, 0.717) is 11.8 Å². The molecule has 0 saturated carbocycles. The monoisotopic (exact) mass is 1120 g/mol. The number of fused-ring (bicyclic) bond motifs is 3. The van der Waals surface area contributed by atoms with Crippen molar-refractivity contribution in [3.63, 3.8) is 0 Å². The summed E-state index contributed by atoms with van der Waals surface area (Å²) in [6, 6.07) is 61.2. The van der Waals surface area contributed by atoms with E-state index in [2.05, 4.69) is 127 Å². The Morgan fingerprint density at radius 2 is 1.04 bits per heavy atom. The Labute approximate surface area is 474 Å². The van der Waals surface area contributed by atoms with E-state index in [1.807, 2.05) is 165 Å². The maximum atomic E-state index is 5.26. The third kappa shape index (κ3) is 19.2. The molecule has 14 rings (SSSR count). The van der Waals surface area contributed by atoms with Crippen LogP contribution < -0.4 is 0 Å². The van der Waals surface area contributed by atoms with Crippen LogP contribution in [0, 0.1) is 55.4 Å². The van der Waals surface area contributed by atoms with Crippen molar-refractivity contribution in [3.8, 4) is 32.5 Å². The number of hydrogen-bond acceptors (Lipinski definition) is 16. The van der Waals surface area contributed by atoms with Gasteiger partial charge in [-0.15, -0.1) is 65.7 Å². The lowest BCUT2D eigenvalue weighted by Gasteiger charge is -1.93. The first-order chi connectivity index (χ1) is 37.9. The van der Waals surface area contributed by atoms with E-state index >= 15 is 0 Å². The average Bonchev–Trinajstić information content (AvgIpc) is 4.33. The van der Waals surface area contributed by atoms with Crippen LogP contribution in [0.4, 0.5) is 0 Å². The average molecular weight is 1120 g/mol. The Morgan fingerprint density at radius 1 is 0.397 bits per heavy atom. The number of benzene rings is 6. The first-order valence-corrected chi connectivity index (χ1v) is 28.7. The fraction of sp³-hybridized carbons (Fsp3) is 0.129. The largest absolute Gasteiger partial charge is 0.449 e. The molecule has 394 valence electrons. The number of oxazole rings is 2. The van der Waals surface area contributed by atoms with E-state index in [-0.39, 0.29) is 0 Å². The molecular formula is C62H58N8O3S5. The van der Waals surface area contributed by atoms with Crippen molar-refractivity contribution in [1.82, 2.24) is 40.3 Å². The smallest absolute Gasteiger partial charge is 0.247 e. The number of thiazole rings is 2. The maximum Gasteiger partial charge on any atom is 0.247 e. The zero-order valence-corrected chi connectivity index (χ0v) is 48.6. The first kappa shape index (κ1) is 57.6. The number of hydrogen-bond donors (Lipinski definition) is 0. The van der Waals surface area contributed by atoms with Gasteiger partial charge in [0.15, 0.2) is 17.4 Å². The topological polar surface area (TPSA) is 143 Å². The normalized spacial score (nSPS) is 10.1. The van der Waals surface area contributed by atoms with Crippen LogP contribution in [0.3, 0.4) is 0 Å². The summed E-state index contributed by atoms with van der Waals surface area (Å²) in [7, 11) is 0. The van der Waals surface area contributed by atoms with Crippen molar-refractivity contribution in [2.75, 3.05) is 0 Å². The number of thiophene rings is 2. The van der Waals surface area contributed by atoms with Crippen molar-refractivity contribution in [2.24, 2.45) is 0 Å². The van der Waals surface area contributed by atoms with Gasteiger partial charge in [0.1, 0.15) is 21.8 Å². The summed E-state index contributed by atoms with van der Waals surface area (Å²) in [6.45, 7) is 15.7. The van der Waals surface area contributed by atoms with Crippen LogP contribution >= 0.6 is 56.7 Å². The van der Waals surface area contributed by atoms with Crippen molar-refractivity contribution >= 4 is 88.1 Å². The van der Waals surface area contributed by atoms with Gasteiger partial charge in [-0.1, -0.05) is 133 Å². The lowest BCUT2D eigenvalue weighted by atomic mass is 10.2. The third-order valence-corrected chi connectivity index (χ3v) is 15.0. The fourth-order valence-electron chi connectivity index (χ4n) is 6.86. The molecule has 0 aliphatic rings. The highest BCUT2D eigenvalue weighted by Gasteiger charge is 2.04. The van der Waals surface area contributed by atoms with Gasteiger partial charge in [-0.05, 0) is 106 Å². The standard InChI is InChI=1S/C11H10S.C9H8N2O.C9H8N2S.C9H8S.C8H7NO.C8H7NS.C4H5NO.C4H5NS/c1-9-7-8-11(12-9)10-5-3-2-4-6-10;2*1-7-10-11-9(12-7)8-5-3-2-4-6-8;1-7-6-8-4-2-3-5-9(8)10-7;2*1-6-9-7-4-2-3-5-8(7)10-6;2*1-4-5-2-3-6-4/h2-8H,1H3;2*2-6H,1H3;2-6H,1H3;2*2-5H,1H3;2*2-3H,1H3. The summed E-state index contributed by atoms with van der Waals surface area (Å²) in [4.78, 5) is 20.3. The van der Waals surface area contributed by atoms with E-state index in [0.717, 1.165) is 59.6 Å². The summed E-state index contributed by atoms with van der Waals surface area (Å²) in [5.41, 5.74) is 6.32. The molecule has 16 heteroatoms. The van der Waals surface area contributed by atoms with Crippen molar-refractivity contribution in [3.05, 3.63) is 248 Å². The minimum Gasteiger partial charge on any atom is -0.449 e. The zero-order chi connectivity index (χ0) is 54.9. The second kappa shape index (κ2) is 30.6. The number of rotatable bonds is 3. The molecule has 0 radical (unpaired) electrons. The van der Waals surface area contributed by atoms with E-state index in [1.165, 1.54) is 35.0 Å². The molecule has 0 atom stereocenters. The molecule has 0 aliphatic heterocycles. The van der Waals surface area contributed by atoms with E-state index in [9.17, 15) is 0 Å². The summed E-state index contributed by atoms with van der Waals surface area (Å²) in [6.07, 6.45) is 4.98. The van der Waals surface area contributed by atoms with Crippen molar-refractivity contribution < 1.29 is 13.3 Å². The Balaban J connectivity index is 0.000000131. The second-order valence-corrected chi connectivity index (χ2v) is 22.8. The molecule has 14 aromatic rings. The van der Waals surface area contributed by atoms with E-state index in [1.54, 1.807) is 66.5 Å². The number of nitrogens with zero attached hydrogens (tertiary/aromatic N) is 8. The molecule has 0 N–H and O–H groups in total. The van der Waals surface area contributed by atoms with Crippen LogP contribution in [0.2, 0.25) is 0 Å². The highest BCUT2D eigenvalue weighted by atomic mass is 32.1. The third-order valence-electron chi connectivity index (χ3n) is 10.4. The summed E-state index contributed by atoms with van der Waals surface area (Å²) in [5, 5.41) is 23.3. The summed E-state index contributed by atoms with van der Waals surface area (Å²) < 4.78 is 17.9. The molecule has 0 saturated heterocycles. The minimum absolute atomic E-state index is 0.577. The Kier molecular flexibility index (Phi) is 22.6. The maximum absolute atomic E-state index is 5.26. The molecule has 0 bridgehead atoms. The fourth-order valence-corrected chi connectivity index (χ4v) is 10.6. The molecule has 0 fully saturated rings. The van der Waals surface area contributed by atoms with Crippen LogP contribution in [0.1, 0.15) is 42.4 Å². The zero-order valence-electron chi connectivity index (χ0n) is 44.5. The molecule has 0 aliphatic carbocycles. The van der Waals surface area contributed by atoms with Gasteiger partial charge in [-0.2, -0.15) is 0 Å². The Bertz CT molecular complexity index is 3380. The van der Waals surface area contributed by atoms with Gasteiger partial charge in [0, 0.05) is 62.8 Å². The lowest BCUT2D eigenvalue weighted by Crippen LogP contribution is -1.75. The number of aromatic nitrogens is 8. The van der Waals surface area contributed by atoms with E-state index < -0.39 is 0 Å². The first-order valence-electron chi connectivity index (χ1n) is 24.6. The number of para-hydroxylation sites is 3. The van der Waals surface area contributed by atoms with Gasteiger partial charge in [0.2, 0.25) is 11.8 Å². The van der Waals surface area contributed by atoms with Gasteiger partial charge in [0.25, 0.3) is 0 Å². The van der Waals surface area contributed by atoms with Crippen LogP contribution in [-0.2, 0) is 0 Å². The van der Waals surface area contributed by atoms with Gasteiger partial charge in [0.05, 0.1) is 26.4 Å². The minimum atomic E-state index is 0.577. The highest BCUT2D eigenvalue weighted by molar-refractivity contribution is 7.19. The molecule has 0 spiro atoms. The van der Waals surface area contributed by atoms with Crippen LogP contribution in [0.15, 0.2) is 219 Å². The van der Waals surface area contributed by atoms with Gasteiger partial charge >= 0.3 is 0 Å². The highest BCUT2D eigenvalue weighted by Crippen LogP contribution is 2.28. The number of aryl methyl sites for hydroxylation is 8. The predicted molar refractivity (Wildman–Crippen MR) is 327 cm³/mol. The van der Waals surface area contributed by atoms with Crippen molar-refractivity contribution in [2.45, 2.75) is 55.4 Å². The SMILES string of the molecule is Cc1cc2ccccc2s1.Cc1ccc(-c2ccccc2)s1.Cc1nc2ccccc2o1.Cc1nc2ccccc2s1.Cc1ncco1.Cc1nccs1.Cc1nnc(-c2ccccc2)o1.Cc1nnc(-c2ccccc2)s1. The molecule has 8 heterocycles. The van der Waals surface area contributed by atoms with Crippen LogP contribution in [-0.4, -0.2) is 40.3 Å². The van der Waals surface area contributed by atoms with Gasteiger partial charge < -0.3 is 13.3 Å². The summed E-state index contributed by atoms with van der Waals surface area (Å²) >= 11 is 8.72. The predicted octanol–water partition coefficient (Wildman–Crippen LogP) is 18.7. The summed E-state index contributed by atoms with van der Waals surface area (Å²) in [5.74, 6) is 2.61. The lowest BCUT2D eigenvalue weighted by molar-refractivity contribution is 0.521. The van der Waals surface area contributed by atoms with Crippen molar-refractivity contribution in [1.29, 1.82) is 0 Å². The molecular weight excluding hydrogens is 1070 g/mol. The van der Waals surface area contributed by atoms with Gasteiger partial charge in [-0.3, -0.25) is 4.98 Å². The van der Waals surface area contributed by atoms with Crippen LogP contribution in [0.5, 0.6) is 0 Å². The van der Waals surface area contributed by atoms with Crippen LogP contribution in [0.25, 0.3) is 63.9 Å². The second-order valence-electron chi connectivity index (χ2n) is 16.7. The van der Waals surface area contributed by atoms with Gasteiger partial charge in [-0.25, -0.2) is 15.0 Å². The molecule has 6 aromatic carbocycles. The molecule has 11 nitrogen and oxygen atoms in total. The van der Waals surface area contributed by atoms with E-state index in [4.69, 9.17) is 13.3 Å². The molecule has 8 aromatic heterocycles. The molecule has 78 heavy (non-hydrogen) atoms. The quantitative estimate of drug-likeness (QED) is 0.167. The molecule has 0 unspecified atom stereocenters. The Morgan fingerprint density at radius 3 is 1.56 bits per heavy atom. The molecule has 0 amide bonds.